The van der Waals surface area contributed by atoms with Gasteiger partial charge in [0.05, 0.1) is 6.61 Å². The second-order valence-corrected chi connectivity index (χ2v) is 4.63. The molecule has 0 aliphatic rings. The van der Waals surface area contributed by atoms with Crippen LogP contribution < -0.4 is 4.74 Å². The number of aryl methyl sites for hydroxylation is 1. The lowest BCUT2D eigenvalue weighted by molar-refractivity contribution is 0.299. The Hall–Kier alpha value is -2.31. The molecule has 2 rings (SSSR count). The summed E-state index contributed by atoms with van der Waals surface area (Å²) in [5.74, 6) is 6.31. The zero-order valence-electron chi connectivity index (χ0n) is 11.9. The van der Waals surface area contributed by atoms with Crippen molar-refractivity contribution in [1.82, 2.24) is 0 Å². The fourth-order valence-electron chi connectivity index (χ4n) is 1.86. The van der Waals surface area contributed by atoms with E-state index >= 15 is 0 Å². The number of benzene rings is 2. The SMILES string of the molecule is Cc1cc(OCc2ccccc2F)ccc1C#CCCO. The maximum atomic E-state index is 13.5. The fraction of sp³-hybridized carbons (Fsp3) is 0.222. The van der Waals surface area contributed by atoms with Crippen molar-refractivity contribution in [2.24, 2.45) is 0 Å². The van der Waals surface area contributed by atoms with Crippen LogP contribution in [-0.4, -0.2) is 11.7 Å². The molecular weight excluding hydrogens is 267 g/mol. The highest BCUT2D eigenvalue weighted by Gasteiger charge is 2.03. The number of hydrogen-bond donors (Lipinski definition) is 1. The lowest BCUT2D eigenvalue weighted by Crippen LogP contribution is -1.98. The highest BCUT2D eigenvalue weighted by atomic mass is 19.1. The zero-order valence-corrected chi connectivity index (χ0v) is 11.9. The minimum atomic E-state index is -0.263. The third-order valence-corrected chi connectivity index (χ3v) is 3.01. The van der Waals surface area contributed by atoms with Gasteiger partial charge in [-0.2, -0.15) is 0 Å². The van der Waals surface area contributed by atoms with Crippen LogP contribution in [0.15, 0.2) is 42.5 Å². The number of aliphatic hydroxyl groups excluding tert-OH is 1. The van der Waals surface area contributed by atoms with Gasteiger partial charge in [0.1, 0.15) is 18.2 Å². The Kier molecular flexibility index (Phi) is 5.36. The topological polar surface area (TPSA) is 29.5 Å². The van der Waals surface area contributed by atoms with Gasteiger partial charge in [-0.3, -0.25) is 0 Å². The van der Waals surface area contributed by atoms with Gasteiger partial charge in [0.2, 0.25) is 0 Å². The Bertz CT molecular complexity index is 668. The van der Waals surface area contributed by atoms with Crippen molar-refractivity contribution in [2.45, 2.75) is 20.0 Å². The average molecular weight is 284 g/mol. The summed E-state index contributed by atoms with van der Waals surface area (Å²) in [7, 11) is 0. The lowest BCUT2D eigenvalue weighted by atomic mass is 10.1. The van der Waals surface area contributed by atoms with Gasteiger partial charge >= 0.3 is 0 Å². The van der Waals surface area contributed by atoms with E-state index in [4.69, 9.17) is 9.84 Å². The number of aliphatic hydroxyl groups is 1. The molecule has 0 spiro atoms. The molecule has 108 valence electrons. The van der Waals surface area contributed by atoms with Crippen LogP contribution in [0.5, 0.6) is 5.75 Å². The van der Waals surface area contributed by atoms with Gasteiger partial charge in [-0.25, -0.2) is 4.39 Å². The summed E-state index contributed by atoms with van der Waals surface area (Å²) in [6.45, 7) is 2.20. The third-order valence-electron chi connectivity index (χ3n) is 3.01. The van der Waals surface area contributed by atoms with Crippen molar-refractivity contribution in [3.8, 4) is 17.6 Å². The molecule has 0 saturated carbocycles. The lowest BCUT2D eigenvalue weighted by Gasteiger charge is -2.08. The van der Waals surface area contributed by atoms with Crippen LogP contribution in [0, 0.1) is 24.6 Å². The molecule has 0 atom stereocenters. The fourth-order valence-corrected chi connectivity index (χ4v) is 1.86. The van der Waals surface area contributed by atoms with Gasteiger partial charge in [0.15, 0.2) is 0 Å². The highest BCUT2D eigenvalue weighted by molar-refractivity contribution is 5.44. The largest absolute Gasteiger partial charge is 0.489 e. The Morgan fingerprint density at radius 1 is 1.19 bits per heavy atom. The van der Waals surface area contributed by atoms with E-state index in [1.54, 1.807) is 18.2 Å². The quantitative estimate of drug-likeness (QED) is 0.871. The van der Waals surface area contributed by atoms with E-state index < -0.39 is 0 Å². The van der Waals surface area contributed by atoms with Crippen LogP contribution in [0.2, 0.25) is 0 Å². The van der Waals surface area contributed by atoms with Crippen LogP contribution in [0.1, 0.15) is 23.1 Å². The molecule has 0 amide bonds. The zero-order chi connectivity index (χ0) is 15.1. The highest BCUT2D eigenvalue weighted by Crippen LogP contribution is 2.18. The molecule has 0 heterocycles. The predicted octanol–water partition coefficient (Wildman–Crippen LogP) is 3.45. The van der Waals surface area contributed by atoms with Crippen LogP contribution >= 0.6 is 0 Å². The summed E-state index contributed by atoms with van der Waals surface area (Å²) in [5.41, 5.74) is 2.43. The molecule has 0 fully saturated rings. The summed E-state index contributed by atoms with van der Waals surface area (Å²) in [6.07, 6.45) is 0.463. The van der Waals surface area contributed by atoms with E-state index in [1.165, 1.54) is 6.07 Å². The molecule has 0 bridgehead atoms. The third kappa shape index (κ3) is 4.34. The number of hydrogen-bond acceptors (Lipinski definition) is 2. The van der Waals surface area contributed by atoms with Gasteiger partial charge < -0.3 is 9.84 Å². The van der Waals surface area contributed by atoms with Gasteiger partial charge in [0.25, 0.3) is 0 Å². The first-order chi connectivity index (χ1) is 10.2. The molecule has 3 heteroatoms. The minimum Gasteiger partial charge on any atom is -0.489 e. The minimum absolute atomic E-state index is 0.0654. The van der Waals surface area contributed by atoms with E-state index in [0.717, 1.165) is 11.1 Å². The van der Waals surface area contributed by atoms with Crippen molar-refractivity contribution >= 4 is 0 Å². The van der Waals surface area contributed by atoms with Crippen LogP contribution in [-0.2, 0) is 6.61 Å². The Morgan fingerprint density at radius 3 is 2.71 bits per heavy atom. The van der Waals surface area contributed by atoms with E-state index in [-0.39, 0.29) is 19.0 Å². The standard InChI is InChI=1S/C18H17FO2/c1-14-12-17(10-9-15(14)6-4-5-11-20)21-13-16-7-2-3-8-18(16)19/h2-3,7-10,12,20H,5,11,13H2,1H3. The maximum Gasteiger partial charge on any atom is 0.129 e. The smallest absolute Gasteiger partial charge is 0.129 e. The monoisotopic (exact) mass is 284 g/mol. The molecule has 0 saturated heterocycles. The van der Waals surface area contributed by atoms with E-state index in [0.29, 0.717) is 17.7 Å². The first-order valence-corrected chi connectivity index (χ1v) is 6.77. The van der Waals surface area contributed by atoms with Crippen molar-refractivity contribution in [1.29, 1.82) is 0 Å². The first kappa shape index (κ1) is 15.1. The molecule has 0 aliphatic heterocycles. The molecule has 0 unspecified atom stereocenters. The molecule has 2 nitrogen and oxygen atoms in total. The van der Waals surface area contributed by atoms with Gasteiger partial charge in [-0.1, -0.05) is 30.0 Å². The second-order valence-electron chi connectivity index (χ2n) is 4.63. The van der Waals surface area contributed by atoms with E-state index in [9.17, 15) is 4.39 Å². The van der Waals surface area contributed by atoms with Crippen molar-refractivity contribution in [3.05, 3.63) is 65.0 Å². The van der Waals surface area contributed by atoms with Crippen molar-refractivity contribution in [2.75, 3.05) is 6.61 Å². The summed E-state index contributed by atoms with van der Waals surface area (Å²) in [6, 6.07) is 12.1. The molecule has 0 radical (unpaired) electrons. The molecule has 1 N–H and O–H groups in total. The summed E-state index contributed by atoms with van der Waals surface area (Å²) >= 11 is 0. The molecule has 0 aliphatic carbocycles. The van der Waals surface area contributed by atoms with Crippen LogP contribution in [0.3, 0.4) is 0 Å². The number of halogens is 1. The number of ether oxygens (including phenoxy) is 1. The van der Waals surface area contributed by atoms with Gasteiger partial charge in [0, 0.05) is 17.5 Å². The Labute approximate surface area is 124 Å². The van der Waals surface area contributed by atoms with Gasteiger partial charge in [-0.15, -0.1) is 0 Å². The van der Waals surface area contributed by atoms with Crippen LogP contribution in [0.25, 0.3) is 0 Å². The molecule has 21 heavy (non-hydrogen) atoms. The summed E-state index contributed by atoms with van der Waals surface area (Å²) < 4.78 is 19.1. The van der Waals surface area contributed by atoms with Gasteiger partial charge in [-0.05, 0) is 36.8 Å². The predicted molar refractivity (Wildman–Crippen MR) is 80.5 cm³/mol. The normalized spacial score (nSPS) is 9.86. The maximum absolute atomic E-state index is 13.5. The molecule has 2 aromatic rings. The summed E-state index contributed by atoms with van der Waals surface area (Å²) in [4.78, 5) is 0. The van der Waals surface area contributed by atoms with E-state index in [2.05, 4.69) is 11.8 Å². The summed E-state index contributed by atoms with van der Waals surface area (Å²) in [5, 5.41) is 8.71. The van der Waals surface area contributed by atoms with Crippen molar-refractivity contribution < 1.29 is 14.2 Å². The van der Waals surface area contributed by atoms with E-state index in [1.807, 2.05) is 25.1 Å². The Morgan fingerprint density at radius 2 is 2.00 bits per heavy atom. The molecular formula is C18H17FO2. The molecule has 0 aromatic heterocycles. The Balaban J connectivity index is 2.04. The van der Waals surface area contributed by atoms with Crippen molar-refractivity contribution in [3.63, 3.8) is 0 Å². The first-order valence-electron chi connectivity index (χ1n) is 6.77. The molecule has 2 aromatic carbocycles. The van der Waals surface area contributed by atoms with Crippen LogP contribution in [0.4, 0.5) is 4.39 Å². The second kappa shape index (κ2) is 7.47. The average Bonchev–Trinajstić information content (AvgIpc) is 2.49. The number of rotatable bonds is 4.